The van der Waals surface area contributed by atoms with Gasteiger partial charge in [-0.1, -0.05) is 12.1 Å². The van der Waals surface area contributed by atoms with Gasteiger partial charge in [-0.25, -0.2) is 4.98 Å². The summed E-state index contributed by atoms with van der Waals surface area (Å²) in [5.41, 5.74) is 1.67. The average Bonchev–Trinajstić information content (AvgIpc) is 2.17. The molecule has 1 aromatic carbocycles. The number of aromatic nitrogens is 2. The molecule has 2 aromatic rings. The SMILES string of the molecule is CC(O)Nc1cnc2ccccc2n1. The van der Waals surface area contributed by atoms with Crippen molar-refractivity contribution in [2.45, 2.75) is 13.2 Å². The molecule has 1 aromatic heterocycles. The molecule has 0 aliphatic carbocycles. The zero-order chi connectivity index (χ0) is 9.97. The number of rotatable bonds is 2. The smallest absolute Gasteiger partial charge is 0.147 e. The molecule has 0 bridgehead atoms. The second-order valence-electron chi connectivity index (χ2n) is 3.06. The molecule has 0 aliphatic heterocycles. The first-order valence-corrected chi connectivity index (χ1v) is 4.42. The van der Waals surface area contributed by atoms with Crippen molar-refractivity contribution in [3.8, 4) is 0 Å². The van der Waals surface area contributed by atoms with Crippen molar-refractivity contribution in [2.24, 2.45) is 0 Å². The monoisotopic (exact) mass is 189 g/mol. The average molecular weight is 189 g/mol. The van der Waals surface area contributed by atoms with Gasteiger partial charge in [-0.15, -0.1) is 0 Å². The molecule has 1 unspecified atom stereocenters. The Morgan fingerprint density at radius 2 is 2.00 bits per heavy atom. The molecule has 2 N–H and O–H groups in total. The Labute approximate surface area is 81.6 Å². The number of benzene rings is 1. The Morgan fingerprint density at radius 1 is 1.29 bits per heavy atom. The van der Waals surface area contributed by atoms with E-state index in [1.165, 1.54) is 0 Å². The standard InChI is InChI=1S/C10H11N3O/c1-7(14)12-10-6-11-8-4-2-3-5-9(8)13-10/h2-7,14H,1H3,(H,12,13). The first-order chi connectivity index (χ1) is 6.75. The van der Waals surface area contributed by atoms with E-state index in [9.17, 15) is 0 Å². The fourth-order valence-electron chi connectivity index (χ4n) is 1.24. The van der Waals surface area contributed by atoms with Crippen LogP contribution in [-0.2, 0) is 0 Å². The van der Waals surface area contributed by atoms with Gasteiger partial charge in [0.2, 0.25) is 0 Å². The van der Waals surface area contributed by atoms with Crippen molar-refractivity contribution in [2.75, 3.05) is 5.32 Å². The zero-order valence-electron chi connectivity index (χ0n) is 7.81. The number of para-hydroxylation sites is 2. The van der Waals surface area contributed by atoms with Gasteiger partial charge >= 0.3 is 0 Å². The maximum absolute atomic E-state index is 9.10. The minimum Gasteiger partial charge on any atom is -0.374 e. The van der Waals surface area contributed by atoms with Crippen LogP contribution in [0, 0.1) is 0 Å². The van der Waals surface area contributed by atoms with E-state index in [-0.39, 0.29) is 0 Å². The van der Waals surface area contributed by atoms with Crippen LogP contribution in [0.3, 0.4) is 0 Å². The zero-order valence-corrected chi connectivity index (χ0v) is 7.81. The molecule has 4 heteroatoms. The van der Waals surface area contributed by atoms with Crippen molar-refractivity contribution in [1.82, 2.24) is 9.97 Å². The highest BCUT2D eigenvalue weighted by molar-refractivity contribution is 5.75. The van der Waals surface area contributed by atoms with Crippen LogP contribution in [0.2, 0.25) is 0 Å². The first-order valence-electron chi connectivity index (χ1n) is 4.42. The van der Waals surface area contributed by atoms with Crippen molar-refractivity contribution < 1.29 is 5.11 Å². The van der Waals surface area contributed by atoms with E-state index in [0.717, 1.165) is 11.0 Å². The molecule has 0 spiro atoms. The summed E-state index contributed by atoms with van der Waals surface area (Å²) < 4.78 is 0. The predicted octanol–water partition coefficient (Wildman–Crippen LogP) is 1.38. The number of nitrogens with zero attached hydrogens (tertiary/aromatic N) is 2. The Bertz CT molecular complexity index is 442. The number of hydrogen-bond donors (Lipinski definition) is 2. The highest BCUT2D eigenvalue weighted by Gasteiger charge is 2.00. The second kappa shape index (κ2) is 3.59. The number of hydrogen-bond acceptors (Lipinski definition) is 4. The van der Waals surface area contributed by atoms with E-state index < -0.39 is 6.23 Å². The number of anilines is 1. The van der Waals surface area contributed by atoms with Crippen molar-refractivity contribution in [3.63, 3.8) is 0 Å². The fraction of sp³-hybridized carbons (Fsp3) is 0.200. The van der Waals surface area contributed by atoms with Gasteiger partial charge in [0, 0.05) is 0 Å². The number of fused-ring (bicyclic) bond motifs is 1. The quantitative estimate of drug-likeness (QED) is 0.701. The van der Waals surface area contributed by atoms with Crippen molar-refractivity contribution in [1.29, 1.82) is 0 Å². The Hall–Kier alpha value is -1.68. The van der Waals surface area contributed by atoms with Gasteiger partial charge in [-0.05, 0) is 19.1 Å². The Balaban J connectivity index is 2.41. The first kappa shape index (κ1) is 8.90. The molecule has 1 atom stereocenters. The summed E-state index contributed by atoms with van der Waals surface area (Å²) in [6, 6.07) is 7.60. The molecule has 4 nitrogen and oxygen atoms in total. The van der Waals surface area contributed by atoms with E-state index in [1.54, 1.807) is 13.1 Å². The minimum absolute atomic E-state index is 0.582. The molecule has 0 aliphatic rings. The molecule has 0 saturated carbocycles. The number of aliphatic hydroxyl groups is 1. The van der Waals surface area contributed by atoms with Crippen LogP contribution in [0.4, 0.5) is 5.82 Å². The third-order valence-corrected chi connectivity index (χ3v) is 1.81. The molecule has 14 heavy (non-hydrogen) atoms. The van der Waals surface area contributed by atoms with Gasteiger partial charge in [-0.3, -0.25) is 4.98 Å². The van der Waals surface area contributed by atoms with Gasteiger partial charge in [0.05, 0.1) is 17.2 Å². The third kappa shape index (κ3) is 1.80. The largest absolute Gasteiger partial charge is 0.374 e. The van der Waals surface area contributed by atoms with E-state index in [2.05, 4.69) is 15.3 Å². The molecule has 0 radical (unpaired) electrons. The molecule has 0 saturated heterocycles. The lowest BCUT2D eigenvalue weighted by Crippen LogP contribution is -2.14. The molecule has 0 amide bonds. The summed E-state index contributed by atoms with van der Waals surface area (Å²) in [7, 11) is 0. The molecule has 0 fully saturated rings. The lowest BCUT2D eigenvalue weighted by molar-refractivity contribution is 0.224. The summed E-state index contributed by atoms with van der Waals surface area (Å²) in [5.74, 6) is 0.582. The van der Waals surface area contributed by atoms with Gasteiger partial charge in [-0.2, -0.15) is 0 Å². The summed E-state index contributed by atoms with van der Waals surface area (Å²) in [5, 5.41) is 11.9. The van der Waals surface area contributed by atoms with Crippen LogP contribution in [0.1, 0.15) is 6.92 Å². The van der Waals surface area contributed by atoms with Gasteiger partial charge < -0.3 is 10.4 Å². The van der Waals surface area contributed by atoms with Crippen LogP contribution in [-0.4, -0.2) is 21.3 Å². The maximum atomic E-state index is 9.10. The summed E-state index contributed by atoms with van der Waals surface area (Å²) >= 11 is 0. The molecular weight excluding hydrogens is 178 g/mol. The molecule has 72 valence electrons. The van der Waals surface area contributed by atoms with Gasteiger partial charge in [0.1, 0.15) is 12.0 Å². The molecule has 1 heterocycles. The van der Waals surface area contributed by atoms with Gasteiger partial charge in [0.15, 0.2) is 0 Å². The topological polar surface area (TPSA) is 58.0 Å². The minimum atomic E-state index is -0.620. The maximum Gasteiger partial charge on any atom is 0.147 e. The predicted molar refractivity (Wildman–Crippen MR) is 54.8 cm³/mol. The summed E-state index contributed by atoms with van der Waals surface area (Å²) in [6.07, 6.45) is 0.986. The Kier molecular flexibility index (Phi) is 2.28. The van der Waals surface area contributed by atoms with Crippen molar-refractivity contribution in [3.05, 3.63) is 30.5 Å². The van der Waals surface area contributed by atoms with E-state index in [0.29, 0.717) is 5.82 Å². The van der Waals surface area contributed by atoms with Crippen LogP contribution in [0.25, 0.3) is 11.0 Å². The van der Waals surface area contributed by atoms with E-state index >= 15 is 0 Å². The number of aliphatic hydroxyl groups excluding tert-OH is 1. The van der Waals surface area contributed by atoms with E-state index in [4.69, 9.17) is 5.11 Å². The van der Waals surface area contributed by atoms with Crippen LogP contribution < -0.4 is 5.32 Å². The molecular formula is C10H11N3O. The van der Waals surface area contributed by atoms with Crippen LogP contribution in [0.5, 0.6) is 0 Å². The Morgan fingerprint density at radius 3 is 2.71 bits per heavy atom. The van der Waals surface area contributed by atoms with Gasteiger partial charge in [0.25, 0.3) is 0 Å². The summed E-state index contributed by atoms with van der Waals surface area (Å²) in [4.78, 5) is 8.48. The summed E-state index contributed by atoms with van der Waals surface area (Å²) in [6.45, 7) is 1.64. The highest BCUT2D eigenvalue weighted by atomic mass is 16.3. The second-order valence-corrected chi connectivity index (χ2v) is 3.06. The lowest BCUT2D eigenvalue weighted by Gasteiger charge is -2.07. The molecule has 2 rings (SSSR count). The van der Waals surface area contributed by atoms with Crippen LogP contribution in [0.15, 0.2) is 30.5 Å². The normalized spacial score (nSPS) is 12.7. The fourth-order valence-corrected chi connectivity index (χ4v) is 1.24. The van der Waals surface area contributed by atoms with Crippen molar-refractivity contribution >= 4 is 16.9 Å². The van der Waals surface area contributed by atoms with Crippen LogP contribution >= 0.6 is 0 Å². The lowest BCUT2D eigenvalue weighted by atomic mass is 10.3. The number of nitrogens with one attached hydrogen (secondary N) is 1. The third-order valence-electron chi connectivity index (χ3n) is 1.81. The highest BCUT2D eigenvalue weighted by Crippen LogP contribution is 2.11. The van der Waals surface area contributed by atoms with E-state index in [1.807, 2.05) is 24.3 Å².